The van der Waals surface area contributed by atoms with Crippen LogP contribution in [0, 0.1) is 17.0 Å². The summed E-state index contributed by atoms with van der Waals surface area (Å²) in [7, 11) is 0. The topological polar surface area (TPSA) is 92.1 Å². The minimum Gasteiger partial charge on any atom is -0.295 e. The molecular formula is C24H17ClN4O3. The van der Waals surface area contributed by atoms with E-state index in [4.69, 9.17) is 11.6 Å². The van der Waals surface area contributed by atoms with Gasteiger partial charge in [-0.15, -0.1) is 0 Å². The molecule has 1 aliphatic heterocycles. The summed E-state index contributed by atoms with van der Waals surface area (Å²) in [4.78, 5) is 25.8. The van der Waals surface area contributed by atoms with Gasteiger partial charge in [-0.3, -0.25) is 24.9 Å². The van der Waals surface area contributed by atoms with E-state index >= 15 is 0 Å². The quantitative estimate of drug-likeness (QED) is 0.323. The molecule has 0 unspecified atom stereocenters. The van der Waals surface area contributed by atoms with Gasteiger partial charge in [-0.05, 0) is 48.9 Å². The molecule has 7 nitrogen and oxygen atoms in total. The molecule has 0 radical (unpaired) electrons. The molecule has 0 saturated carbocycles. The maximum atomic E-state index is 13.5. The minimum absolute atomic E-state index is 0.0118. The number of aryl methyl sites for hydroxylation is 1. The molecule has 0 fully saturated rings. The van der Waals surface area contributed by atoms with Gasteiger partial charge >= 0.3 is 0 Å². The number of benzene rings is 3. The zero-order valence-corrected chi connectivity index (χ0v) is 17.7. The Labute approximate surface area is 188 Å². The number of rotatable bonds is 4. The number of non-ortho nitro benzene ring substituents is 1. The number of nitro benzene ring substituents is 1. The third-order valence-corrected chi connectivity index (χ3v) is 5.87. The van der Waals surface area contributed by atoms with Crippen molar-refractivity contribution in [2.75, 3.05) is 4.90 Å². The summed E-state index contributed by atoms with van der Waals surface area (Å²) in [6.45, 7) is 2.00. The van der Waals surface area contributed by atoms with Crippen LogP contribution < -0.4 is 4.90 Å². The summed E-state index contributed by atoms with van der Waals surface area (Å²) >= 11 is 6.06. The zero-order valence-electron chi connectivity index (χ0n) is 16.9. The van der Waals surface area contributed by atoms with Crippen molar-refractivity contribution in [2.24, 2.45) is 0 Å². The summed E-state index contributed by atoms with van der Waals surface area (Å²) in [5.74, 6) is -0.225. The number of nitrogens with one attached hydrogen (secondary N) is 1. The van der Waals surface area contributed by atoms with Crippen molar-refractivity contribution >= 4 is 28.9 Å². The molecular weight excluding hydrogens is 428 g/mol. The lowest BCUT2D eigenvalue weighted by atomic mass is 9.95. The van der Waals surface area contributed by atoms with Crippen LogP contribution in [0.4, 0.5) is 11.4 Å². The maximum Gasteiger partial charge on any atom is 0.277 e. The fourth-order valence-corrected chi connectivity index (χ4v) is 4.17. The van der Waals surface area contributed by atoms with Crippen LogP contribution in [0.3, 0.4) is 0 Å². The number of H-pyrrole nitrogens is 1. The Morgan fingerprint density at radius 1 is 1.00 bits per heavy atom. The van der Waals surface area contributed by atoms with Gasteiger partial charge in [-0.25, -0.2) is 0 Å². The Hall–Kier alpha value is -3.97. The van der Waals surface area contributed by atoms with E-state index in [-0.39, 0.29) is 11.6 Å². The second kappa shape index (κ2) is 7.62. The highest BCUT2D eigenvalue weighted by Crippen LogP contribution is 2.45. The predicted molar refractivity (Wildman–Crippen MR) is 122 cm³/mol. The van der Waals surface area contributed by atoms with Crippen molar-refractivity contribution in [1.29, 1.82) is 0 Å². The highest BCUT2D eigenvalue weighted by atomic mass is 35.5. The predicted octanol–water partition coefficient (Wildman–Crippen LogP) is 5.70. The first-order valence-electron chi connectivity index (χ1n) is 9.93. The molecule has 2 heterocycles. The molecule has 1 aliphatic rings. The number of nitro groups is 1. The molecule has 158 valence electrons. The van der Waals surface area contributed by atoms with E-state index in [2.05, 4.69) is 10.2 Å². The van der Waals surface area contributed by atoms with Gasteiger partial charge in [0.1, 0.15) is 5.69 Å². The molecule has 3 aromatic carbocycles. The van der Waals surface area contributed by atoms with Crippen LogP contribution >= 0.6 is 11.6 Å². The highest BCUT2D eigenvalue weighted by molar-refractivity contribution is 6.30. The van der Waals surface area contributed by atoms with Crippen molar-refractivity contribution < 1.29 is 9.72 Å². The Balaban J connectivity index is 1.70. The van der Waals surface area contributed by atoms with Gasteiger partial charge in [0, 0.05) is 34.0 Å². The van der Waals surface area contributed by atoms with Crippen LogP contribution in [0.1, 0.15) is 33.2 Å². The molecule has 0 saturated heterocycles. The lowest BCUT2D eigenvalue weighted by Crippen LogP contribution is -2.29. The maximum absolute atomic E-state index is 13.5. The van der Waals surface area contributed by atoms with Crippen LogP contribution in [0.25, 0.3) is 11.3 Å². The summed E-state index contributed by atoms with van der Waals surface area (Å²) in [5, 5.41) is 19.1. The largest absolute Gasteiger partial charge is 0.295 e. The van der Waals surface area contributed by atoms with Crippen molar-refractivity contribution in [3.8, 4) is 11.3 Å². The lowest BCUT2D eigenvalue weighted by Gasteiger charge is -2.26. The smallest absolute Gasteiger partial charge is 0.277 e. The van der Waals surface area contributed by atoms with E-state index in [0.717, 1.165) is 22.3 Å². The van der Waals surface area contributed by atoms with Crippen molar-refractivity contribution in [2.45, 2.75) is 13.0 Å². The number of carbonyl (C=O) groups is 1. The van der Waals surface area contributed by atoms with Crippen LogP contribution in [-0.2, 0) is 0 Å². The van der Waals surface area contributed by atoms with E-state index in [1.165, 1.54) is 12.1 Å². The average Bonchev–Trinajstić information content (AvgIpc) is 3.34. The molecule has 0 bridgehead atoms. The average molecular weight is 445 g/mol. The van der Waals surface area contributed by atoms with Gasteiger partial charge in [-0.1, -0.05) is 41.4 Å². The molecule has 0 aliphatic carbocycles. The monoisotopic (exact) mass is 444 g/mol. The zero-order chi connectivity index (χ0) is 22.4. The van der Waals surface area contributed by atoms with E-state index in [1.54, 1.807) is 41.3 Å². The van der Waals surface area contributed by atoms with Crippen LogP contribution in [0.5, 0.6) is 0 Å². The first-order valence-corrected chi connectivity index (χ1v) is 10.3. The molecule has 1 N–H and O–H groups in total. The normalized spacial score (nSPS) is 15.1. The molecule has 4 aromatic rings. The van der Waals surface area contributed by atoms with Gasteiger partial charge < -0.3 is 0 Å². The minimum atomic E-state index is -0.505. The number of hydrogen-bond donors (Lipinski definition) is 1. The molecule has 8 heteroatoms. The number of anilines is 1. The molecule has 5 rings (SSSR count). The number of fused-ring (bicyclic) bond motifs is 1. The Morgan fingerprint density at radius 2 is 1.66 bits per heavy atom. The van der Waals surface area contributed by atoms with Crippen LogP contribution in [0.15, 0.2) is 72.8 Å². The van der Waals surface area contributed by atoms with E-state index in [9.17, 15) is 14.9 Å². The molecule has 0 spiro atoms. The van der Waals surface area contributed by atoms with Gasteiger partial charge in [-0.2, -0.15) is 5.10 Å². The summed E-state index contributed by atoms with van der Waals surface area (Å²) in [6.07, 6.45) is 0. The van der Waals surface area contributed by atoms with Gasteiger partial charge in [0.2, 0.25) is 0 Å². The number of hydrogen-bond acceptors (Lipinski definition) is 4. The van der Waals surface area contributed by atoms with Gasteiger partial charge in [0.05, 0.1) is 16.7 Å². The molecule has 1 atom stereocenters. The summed E-state index contributed by atoms with van der Waals surface area (Å²) < 4.78 is 0. The van der Waals surface area contributed by atoms with Crippen LogP contribution in [-0.4, -0.2) is 21.0 Å². The van der Waals surface area contributed by atoms with E-state index < -0.39 is 11.0 Å². The van der Waals surface area contributed by atoms with Crippen molar-refractivity contribution in [1.82, 2.24) is 10.2 Å². The molecule has 32 heavy (non-hydrogen) atoms. The van der Waals surface area contributed by atoms with Crippen molar-refractivity contribution in [3.05, 3.63) is 110 Å². The SMILES string of the molecule is Cc1ccc(-c2n[nH]c3c2[C@@H](c2ccc([N+](=O)[O-])cc2)N(c2ccc(Cl)cc2)C3=O)cc1. The molecule has 1 amide bonds. The number of aromatic amines is 1. The lowest BCUT2D eigenvalue weighted by molar-refractivity contribution is -0.384. The Kier molecular flexibility index (Phi) is 4.75. The van der Waals surface area contributed by atoms with Crippen LogP contribution in [0.2, 0.25) is 5.02 Å². The Bertz CT molecular complexity index is 1330. The van der Waals surface area contributed by atoms with Gasteiger partial charge in [0.15, 0.2) is 0 Å². The fraction of sp³-hybridized carbons (Fsp3) is 0.0833. The number of amides is 1. The highest BCUT2D eigenvalue weighted by Gasteiger charge is 2.43. The summed E-state index contributed by atoms with van der Waals surface area (Å²) in [6, 6.07) is 20.7. The molecule has 1 aromatic heterocycles. The second-order valence-corrected chi connectivity index (χ2v) is 8.07. The number of halogens is 1. The summed E-state index contributed by atoms with van der Waals surface area (Å²) in [5.41, 5.74) is 5.21. The van der Waals surface area contributed by atoms with E-state index in [1.807, 2.05) is 31.2 Å². The number of aromatic nitrogens is 2. The third-order valence-electron chi connectivity index (χ3n) is 5.62. The Morgan fingerprint density at radius 3 is 2.28 bits per heavy atom. The standard InChI is InChI=1S/C24H17ClN4O3/c1-14-2-4-15(5-3-14)21-20-22(27-26-21)24(30)28(18-12-8-17(25)9-13-18)23(20)16-6-10-19(11-7-16)29(31)32/h2-13,23H,1H3,(H,26,27)/t23-/m1/s1. The van der Waals surface area contributed by atoms with Gasteiger partial charge in [0.25, 0.3) is 11.6 Å². The number of carbonyl (C=O) groups excluding carboxylic acids is 1. The number of nitrogens with zero attached hydrogens (tertiary/aromatic N) is 3. The van der Waals surface area contributed by atoms with Crippen molar-refractivity contribution in [3.63, 3.8) is 0 Å². The first-order chi connectivity index (χ1) is 15.4. The first kappa shape index (κ1) is 20.0. The second-order valence-electron chi connectivity index (χ2n) is 7.63. The third kappa shape index (κ3) is 3.23. The van der Waals surface area contributed by atoms with E-state index in [0.29, 0.717) is 22.1 Å². The fourth-order valence-electron chi connectivity index (χ4n) is 4.04.